The molecule has 0 amide bonds. The van der Waals surface area contributed by atoms with Crippen molar-refractivity contribution >= 4 is 49.8 Å². The Balaban J connectivity index is 1.71. The number of halogens is 4. The lowest BCUT2D eigenvalue weighted by molar-refractivity contribution is -0.0220. The van der Waals surface area contributed by atoms with E-state index in [1.807, 2.05) is 0 Å². The number of hydrogen-bond acceptors (Lipinski definition) is 5. The maximum atomic E-state index is 13.6. The van der Waals surface area contributed by atoms with Gasteiger partial charge in [-0.2, -0.15) is 0 Å². The van der Waals surface area contributed by atoms with Gasteiger partial charge in [0.1, 0.15) is 11.3 Å². The van der Waals surface area contributed by atoms with Gasteiger partial charge in [-0.1, -0.05) is 42.3 Å². The molecule has 1 aromatic heterocycles. The van der Waals surface area contributed by atoms with Crippen LogP contribution in [0.4, 0.5) is 14.5 Å². The highest BCUT2D eigenvalue weighted by Crippen LogP contribution is 2.42. The maximum absolute atomic E-state index is 13.6. The Kier molecular flexibility index (Phi) is 7.11. The van der Waals surface area contributed by atoms with E-state index in [9.17, 15) is 22.3 Å². The summed E-state index contributed by atoms with van der Waals surface area (Å²) in [6, 6.07) is 8.20. The van der Waals surface area contributed by atoms with Crippen LogP contribution in [0.3, 0.4) is 0 Å². The van der Waals surface area contributed by atoms with Gasteiger partial charge in [0.05, 0.1) is 31.9 Å². The number of hydrogen-bond donors (Lipinski definition) is 2. The summed E-state index contributed by atoms with van der Waals surface area (Å²) in [5.74, 6) is -2.49. The average Bonchev–Trinajstić information content (AvgIpc) is 3.22. The van der Waals surface area contributed by atoms with Crippen LogP contribution >= 0.6 is 23.2 Å². The van der Waals surface area contributed by atoms with E-state index in [0.29, 0.717) is 34.0 Å². The smallest absolute Gasteiger partial charge is 0.251 e. The fourth-order valence-corrected chi connectivity index (χ4v) is 5.89. The summed E-state index contributed by atoms with van der Waals surface area (Å²) in [5, 5.41) is 10.3. The first-order valence-electron chi connectivity index (χ1n) is 11.0. The zero-order valence-electron chi connectivity index (χ0n) is 18.5. The van der Waals surface area contributed by atoms with Crippen LogP contribution in [0.15, 0.2) is 35.2 Å². The molecule has 2 aromatic carbocycles. The molecule has 4 rings (SSSR count). The van der Waals surface area contributed by atoms with Crippen LogP contribution < -0.4 is 4.90 Å². The SMILES string of the molecule is CCS(=O)(=O)c1ccc([C@H](CCO)c2nc3c(Cl)c(N4CCC(F)(F)CC4)c(Cl)cc3[nH]2)cc1. The maximum Gasteiger partial charge on any atom is 0.251 e. The lowest BCUT2D eigenvalue weighted by Crippen LogP contribution is -2.39. The number of sulfone groups is 1. The highest BCUT2D eigenvalue weighted by atomic mass is 35.5. The van der Waals surface area contributed by atoms with Gasteiger partial charge < -0.3 is 15.0 Å². The Morgan fingerprint density at radius 1 is 1.21 bits per heavy atom. The van der Waals surface area contributed by atoms with Crippen molar-refractivity contribution in [3.8, 4) is 0 Å². The molecule has 0 unspecified atom stereocenters. The Labute approximate surface area is 206 Å². The van der Waals surface area contributed by atoms with Gasteiger partial charge in [-0.15, -0.1) is 0 Å². The molecule has 2 heterocycles. The normalized spacial score (nSPS) is 17.3. The van der Waals surface area contributed by atoms with Crippen molar-refractivity contribution in [1.82, 2.24) is 9.97 Å². The van der Waals surface area contributed by atoms with Gasteiger partial charge in [-0.05, 0) is 30.2 Å². The van der Waals surface area contributed by atoms with E-state index in [-0.39, 0.29) is 54.1 Å². The molecule has 3 aromatic rings. The molecule has 1 atom stereocenters. The Bertz CT molecular complexity index is 1290. The molecule has 0 bridgehead atoms. The van der Waals surface area contributed by atoms with Crippen LogP contribution in [-0.2, 0) is 9.84 Å². The Morgan fingerprint density at radius 3 is 2.44 bits per heavy atom. The molecule has 0 spiro atoms. The van der Waals surface area contributed by atoms with E-state index in [1.54, 1.807) is 42.2 Å². The van der Waals surface area contributed by atoms with Crippen LogP contribution in [0.1, 0.15) is 43.5 Å². The van der Waals surface area contributed by atoms with Crippen molar-refractivity contribution in [3.63, 3.8) is 0 Å². The minimum atomic E-state index is -3.33. The van der Waals surface area contributed by atoms with Crippen LogP contribution in [0.5, 0.6) is 0 Å². The number of anilines is 1. The van der Waals surface area contributed by atoms with Crippen molar-refractivity contribution in [3.05, 3.63) is 51.8 Å². The third kappa shape index (κ3) is 4.89. The molecular formula is C23H25Cl2F2N3O3S. The summed E-state index contributed by atoms with van der Waals surface area (Å²) >= 11 is 13.2. The van der Waals surface area contributed by atoms with Crippen molar-refractivity contribution in [2.75, 3.05) is 30.3 Å². The number of aliphatic hydroxyl groups excluding tert-OH is 1. The molecular weight excluding hydrogens is 507 g/mol. The number of imidazole rings is 1. The van der Waals surface area contributed by atoms with Gasteiger partial charge in [-0.3, -0.25) is 0 Å². The molecule has 1 fully saturated rings. The lowest BCUT2D eigenvalue weighted by atomic mass is 9.95. The summed E-state index contributed by atoms with van der Waals surface area (Å²) in [6.45, 7) is 1.74. The van der Waals surface area contributed by atoms with Crippen molar-refractivity contribution in [2.24, 2.45) is 0 Å². The lowest BCUT2D eigenvalue weighted by Gasteiger charge is -2.34. The first-order valence-corrected chi connectivity index (χ1v) is 13.4. The molecule has 6 nitrogen and oxygen atoms in total. The summed E-state index contributed by atoms with van der Waals surface area (Å²) in [7, 11) is -3.33. The molecule has 2 N–H and O–H groups in total. The van der Waals surface area contributed by atoms with Gasteiger partial charge in [0.2, 0.25) is 0 Å². The highest BCUT2D eigenvalue weighted by molar-refractivity contribution is 7.91. The number of nitrogens with one attached hydrogen (secondary N) is 1. The predicted molar refractivity (Wildman–Crippen MR) is 130 cm³/mol. The van der Waals surface area contributed by atoms with E-state index >= 15 is 0 Å². The van der Waals surface area contributed by atoms with Gasteiger partial charge in [-0.25, -0.2) is 22.2 Å². The summed E-state index contributed by atoms with van der Waals surface area (Å²) in [4.78, 5) is 9.87. The fraction of sp³-hybridized carbons (Fsp3) is 0.435. The van der Waals surface area contributed by atoms with E-state index < -0.39 is 15.8 Å². The largest absolute Gasteiger partial charge is 0.396 e. The van der Waals surface area contributed by atoms with Crippen molar-refractivity contribution < 1.29 is 22.3 Å². The Morgan fingerprint density at radius 2 is 1.85 bits per heavy atom. The second kappa shape index (κ2) is 9.60. The van der Waals surface area contributed by atoms with Crippen LogP contribution in [0, 0.1) is 0 Å². The minimum Gasteiger partial charge on any atom is -0.396 e. The number of fused-ring (bicyclic) bond motifs is 1. The molecule has 1 saturated heterocycles. The third-order valence-electron chi connectivity index (χ3n) is 6.24. The number of aromatic nitrogens is 2. The summed E-state index contributed by atoms with van der Waals surface area (Å²) < 4.78 is 51.5. The van der Waals surface area contributed by atoms with Crippen molar-refractivity contribution in [2.45, 2.75) is 42.9 Å². The number of piperidine rings is 1. The molecule has 0 aliphatic carbocycles. The van der Waals surface area contributed by atoms with E-state index in [0.717, 1.165) is 5.56 Å². The number of nitrogens with zero attached hydrogens (tertiary/aromatic N) is 2. The van der Waals surface area contributed by atoms with E-state index in [1.165, 1.54) is 0 Å². The number of rotatable bonds is 7. The monoisotopic (exact) mass is 531 g/mol. The minimum absolute atomic E-state index is 0.00619. The predicted octanol–water partition coefficient (Wildman–Crippen LogP) is 5.41. The van der Waals surface area contributed by atoms with Crippen LogP contribution in [0.2, 0.25) is 10.0 Å². The average molecular weight is 532 g/mol. The second-order valence-electron chi connectivity index (χ2n) is 8.42. The first kappa shape index (κ1) is 25.2. The molecule has 0 radical (unpaired) electrons. The molecule has 1 aliphatic heterocycles. The summed E-state index contributed by atoms with van der Waals surface area (Å²) in [5.41, 5.74) is 2.31. The summed E-state index contributed by atoms with van der Waals surface area (Å²) in [6.07, 6.45) is -0.198. The van der Waals surface area contributed by atoms with E-state index in [4.69, 9.17) is 23.2 Å². The molecule has 1 aliphatic rings. The van der Waals surface area contributed by atoms with Gasteiger partial charge in [0.25, 0.3) is 5.92 Å². The molecule has 184 valence electrons. The quantitative estimate of drug-likeness (QED) is 0.425. The number of alkyl halides is 2. The van der Waals surface area contributed by atoms with Gasteiger partial charge >= 0.3 is 0 Å². The number of H-pyrrole nitrogens is 1. The zero-order valence-corrected chi connectivity index (χ0v) is 20.8. The molecule has 34 heavy (non-hydrogen) atoms. The van der Waals surface area contributed by atoms with Crippen LogP contribution in [-0.4, -0.2) is 54.9 Å². The highest BCUT2D eigenvalue weighted by Gasteiger charge is 2.35. The second-order valence-corrected chi connectivity index (χ2v) is 11.5. The van der Waals surface area contributed by atoms with E-state index in [2.05, 4.69) is 9.97 Å². The standard InChI is InChI=1S/C23H25Cl2F2N3O3S/c1-2-34(32,33)15-5-3-14(4-6-15)16(7-12-31)22-28-18-13-17(24)21(19(25)20(18)29-22)30-10-8-23(26,27)9-11-30/h3-6,13,16,31H,2,7-12H2,1H3,(H,28,29)/t16-/m0/s1. The first-order chi connectivity index (χ1) is 16.1. The third-order valence-corrected chi connectivity index (χ3v) is 8.64. The Hall–Kier alpha value is -1.94. The topological polar surface area (TPSA) is 86.3 Å². The fourth-order valence-electron chi connectivity index (χ4n) is 4.27. The van der Waals surface area contributed by atoms with Crippen molar-refractivity contribution in [1.29, 1.82) is 0 Å². The van der Waals surface area contributed by atoms with Gasteiger partial charge in [0.15, 0.2) is 9.84 Å². The number of aliphatic hydroxyl groups is 1. The number of aromatic amines is 1. The molecule has 11 heteroatoms. The molecule has 0 saturated carbocycles. The number of benzene rings is 2. The van der Waals surface area contributed by atoms with Crippen LogP contribution in [0.25, 0.3) is 11.0 Å². The van der Waals surface area contributed by atoms with Gasteiger partial charge in [0, 0.05) is 38.5 Å². The zero-order chi connectivity index (χ0) is 24.7.